The second-order valence-electron chi connectivity index (χ2n) is 7.71. The molecule has 3 heterocycles. The SMILES string of the molecule is COC[C@H](C)[C@H]1CNC(=O)c2c1[nH]c(-c1ccncc1F)c2Nc1cccc(F)c1OC. The Morgan fingerprint density at radius 1 is 1.25 bits per heavy atom. The first-order chi connectivity index (χ1) is 15.5. The lowest BCUT2D eigenvalue weighted by atomic mass is 9.86. The summed E-state index contributed by atoms with van der Waals surface area (Å²) in [6.07, 6.45) is 2.57. The van der Waals surface area contributed by atoms with E-state index in [4.69, 9.17) is 9.47 Å². The van der Waals surface area contributed by atoms with Crippen molar-refractivity contribution >= 4 is 17.3 Å². The smallest absolute Gasteiger partial charge is 0.255 e. The van der Waals surface area contributed by atoms with Crippen molar-refractivity contribution in [3.8, 4) is 17.0 Å². The fraction of sp³-hybridized carbons (Fsp3) is 0.304. The molecule has 1 aliphatic rings. The molecule has 2 aromatic heterocycles. The van der Waals surface area contributed by atoms with Crippen LogP contribution >= 0.6 is 0 Å². The minimum Gasteiger partial charge on any atom is -0.492 e. The second kappa shape index (κ2) is 8.96. The number of hydrogen-bond donors (Lipinski definition) is 3. The molecule has 0 bridgehead atoms. The van der Waals surface area contributed by atoms with Crippen LogP contribution in [0.1, 0.15) is 28.9 Å². The molecule has 0 aliphatic carbocycles. The average Bonchev–Trinajstić information content (AvgIpc) is 3.14. The largest absolute Gasteiger partial charge is 0.492 e. The van der Waals surface area contributed by atoms with Crippen molar-refractivity contribution in [1.82, 2.24) is 15.3 Å². The Hall–Kier alpha value is -3.46. The van der Waals surface area contributed by atoms with Crippen molar-refractivity contribution < 1.29 is 23.0 Å². The molecule has 2 atom stereocenters. The van der Waals surface area contributed by atoms with E-state index in [0.29, 0.717) is 41.5 Å². The van der Waals surface area contributed by atoms with Gasteiger partial charge in [0.1, 0.15) is 0 Å². The maximum Gasteiger partial charge on any atom is 0.255 e. The summed E-state index contributed by atoms with van der Waals surface area (Å²) < 4.78 is 39.5. The number of hydrogen-bond acceptors (Lipinski definition) is 5. The first kappa shape index (κ1) is 21.8. The van der Waals surface area contributed by atoms with Crippen LogP contribution in [0.2, 0.25) is 0 Å². The number of fused-ring (bicyclic) bond motifs is 1. The normalized spacial score (nSPS) is 16.3. The molecule has 168 valence electrons. The summed E-state index contributed by atoms with van der Waals surface area (Å²) in [5.74, 6) is -1.45. The van der Waals surface area contributed by atoms with Crippen molar-refractivity contribution in [1.29, 1.82) is 0 Å². The van der Waals surface area contributed by atoms with Gasteiger partial charge < -0.3 is 25.1 Å². The zero-order valence-corrected chi connectivity index (χ0v) is 18.0. The fourth-order valence-corrected chi connectivity index (χ4v) is 4.15. The van der Waals surface area contributed by atoms with E-state index in [1.807, 2.05) is 6.92 Å². The van der Waals surface area contributed by atoms with Gasteiger partial charge in [-0.1, -0.05) is 13.0 Å². The maximum atomic E-state index is 14.7. The molecule has 0 unspecified atom stereocenters. The Morgan fingerprint density at radius 2 is 2.06 bits per heavy atom. The number of amides is 1. The third kappa shape index (κ3) is 3.80. The lowest BCUT2D eigenvalue weighted by molar-refractivity contribution is 0.0920. The number of carbonyl (C=O) groups excluding carboxylic acids is 1. The molecule has 1 aliphatic heterocycles. The van der Waals surface area contributed by atoms with Gasteiger partial charge in [-0.15, -0.1) is 0 Å². The van der Waals surface area contributed by atoms with Crippen LogP contribution in [0.3, 0.4) is 0 Å². The van der Waals surface area contributed by atoms with Gasteiger partial charge in [0.15, 0.2) is 17.4 Å². The highest BCUT2D eigenvalue weighted by Crippen LogP contribution is 2.43. The first-order valence-electron chi connectivity index (χ1n) is 10.2. The van der Waals surface area contributed by atoms with Gasteiger partial charge in [-0.3, -0.25) is 9.78 Å². The number of nitrogens with zero attached hydrogens (tertiary/aromatic N) is 1. The van der Waals surface area contributed by atoms with Crippen LogP contribution < -0.4 is 15.4 Å². The highest BCUT2D eigenvalue weighted by atomic mass is 19.1. The zero-order valence-electron chi connectivity index (χ0n) is 18.0. The summed E-state index contributed by atoms with van der Waals surface area (Å²) in [5, 5.41) is 6.02. The number of rotatable bonds is 7. The van der Waals surface area contributed by atoms with E-state index in [-0.39, 0.29) is 29.1 Å². The molecule has 9 heteroatoms. The summed E-state index contributed by atoms with van der Waals surface area (Å²) in [6, 6.07) is 5.94. The number of benzene rings is 1. The molecule has 3 N–H and O–H groups in total. The zero-order chi connectivity index (χ0) is 22.8. The van der Waals surface area contributed by atoms with Gasteiger partial charge in [-0.25, -0.2) is 8.78 Å². The number of ether oxygens (including phenoxy) is 2. The average molecular weight is 442 g/mol. The van der Waals surface area contributed by atoms with Gasteiger partial charge in [-0.05, 0) is 24.1 Å². The van der Waals surface area contributed by atoms with E-state index >= 15 is 0 Å². The number of halogens is 2. The highest BCUT2D eigenvalue weighted by Gasteiger charge is 2.36. The van der Waals surface area contributed by atoms with Gasteiger partial charge in [0.2, 0.25) is 0 Å². The third-order valence-corrected chi connectivity index (χ3v) is 5.70. The van der Waals surface area contributed by atoms with Crippen LogP contribution in [0.25, 0.3) is 11.3 Å². The molecular weight excluding hydrogens is 418 g/mol. The minimum atomic E-state index is -0.561. The van der Waals surface area contributed by atoms with Crippen LogP contribution in [0.4, 0.5) is 20.2 Å². The van der Waals surface area contributed by atoms with Crippen molar-refractivity contribution in [3.63, 3.8) is 0 Å². The molecule has 1 amide bonds. The van der Waals surface area contributed by atoms with Gasteiger partial charge in [0, 0.05) is 43.6 Å². The molecule has 7 nitrogen and oxygen atoms in total. The predicted molar refractivity (Wildman–Crippen MR) is 116 cm³/mol. The summed E-state index contributed by atoms with van der Waals surface area (Å²) in [6.45, 7) is 2.92. The molecule has 0 saturated heterocycles. The standard InChI is InChI=1S/C23H24F2N4O3/c1-12(11-31-2)14-9-27-23(30)18-19(14)29-20(13-7-8-26-10-16(13)25)21(18)28-17-6-4-5-15(24)22(17)32-3/h4-8,10,12,14,28-29H,9,11H2,1-3H3,(H,27,30)/t12-,14+/m0/s1. The van der Waals surface area contributed by atoms with E-state index in [0.717, 1.165) is 6.20 Å². The van der Waals surface area contributed by atoms with E-state index in [9.17, 15) is 13.6 Å². The monoisotopic (exact) mass is 442 g/mol. The Balaban J connectivity index is 1.93. The van der Waals surface area contributed by atoms with Gasteiger partial charge in [0.05, 0.1) is 35.9 Å². The molecule has 0 fully saturated rings. The Kier molecular flexibility index (Phi) is 6.09. The van der Waals surface area contributed by atoms with Gasteiger partial charge in [0.25, 0.3) is 5.91 Å². The molecule has 0 radical (unpaired) electrons. The first-order valence-corrected chi connectivity index (χ1v) is 10.2. The number of carbonyl (C=O) groups is 1. The maximum absolute atomic E-state index is 14.7. The van der Waals surface area contributed by atoms with Gasteiger partial charge >= 0.3 is 0 Å². The van der Waals surface area contributed by atoms with E-state index in [1.54, 1.807) is 13.2 Å². The topological polar surface area (TPSA) is 88.3 Å². The number of anilines is 2. The Labute approximate surface area is 184 Å². The summed E-state index contributed by atoms with van der Waals surface area (Å²) in [7, 11) is 2.98. The number of nitrogens with one attached hydrogen (secondary N) is 3. The lowest BCUT2D eigenvalue weighted by Gasteiger charge is -2.28. The molecule has 32 heavy (non-hydrogen) atoms. The Bertz CT molecular complexity index is 1150. The lowest BCUT2D eigenvalue weighted by Crippen LogP contribution is -2.38. The number of H-pyrrole nitrogens is 1. The van der Waals surface area contributed by atoms with Crippen molar-refractivity contribution in [2.24, 2.45) is 5.92 Å². The van der Waals surface area contributed by atoms with Crippen molar-refractivity contribution in [3.05, 3.63) is 59.6 Å². The van der Waals surface area contributed by atoms with Crippen molar-refractivity contribution in [2.75, 3.05) is 32.7 Å². The van der Waals surface area contributed by atoms with Crippen LogP contribution in [0.15, 0.2) is 36.7 Å². The molecule has 0 saturated carbocycles. The highest BCUT2D eigenvalue weighted by molar-refractivity contribution is 6.06. The summed E-state index contributed by atoms with van der Waals surface area (Å²) in [4.78, 5) is 20.0. The van der Waals surface area contributed by atoms with Crippen LogP contribution in [0.5, 0.6) is 5.75 Å². The summed E-state index contributed by atoms with van der Waals surface area (Å²) >= 11 is 0. The van der Waals surface area contributed by atoms with Crippen LogP contribution in [0, 0.1) is 17.6 Å². The van der Waals surface area contributed by atoms with Crippen LogP contribution in [-0.2, 0) is 4.74 Å². The molecular formula is C23H24F2N4O3. The Morgan fingerprint density at radius 3 is 2.78 bits per heavy atom. The molecule has 0 spiro atoms. The van der Waals surface area contributed by atoms with Crippen LogP contribution in [-0.4, -0.2) is 43.2 Å². The fourth-order valence-electron chi connectivity index (χ4n) is 4.15. The van der Waals surface area contributed by atoms with Gasteiger partial charge in [-0.2, -0.15) is 0 Å². The summed E-state index contributed by atoms with van der Waals surface area (Å²) in [5.41, 5.74) is 2.26. The molecule has 3 aromatic rings. The number of para-hydroxylation sites is 1. The number of aromatic amines is 1. The van der Waals surface area contributed by atoms with E-state index in [1.165, 1.54) is 31.5 Å². The van der Waals surface area contributed by atoms with E-state index < -0.39 is 11.6 Å². The second-order valence-corrected chi connectivity index (χ2v) is 7.71. The van der Waals surface area contributed by atoms with E-state index in [2.05, 4.69) is 20.6 Å². The molecule has 4 rings (SSSR count). The number of pyridine rings is 1. The number of methoxy groups -OCH3 is 2. The third-order valence-electron chi connectivity index (χ3n) is 5.70. The number of aromatic nitrogens is 2. The minimum absolute atomic E-state index is 0.0101. The quantitative estimate of drug-likeness (QED) is 0.510. The predicted octanol–water partition coefficient (Wildman–Crippen LogP) is 4.22. The molecule has 1 aromatic carbocycles. The van der Waals surface area contributed by atoms with Crippen molar-refractivity contribution in [2.45, 2.75) is 12.8 Å².